The van der Waals surface area contributed by atoms with Crippen LogP contribution in [0, 0.1) is 0 Å². The van der Waals surface area contributed by atoms with Gasteiger partial charge < -0.3 is 19.5 Å². The van der Waals surface area contributed by atoms with E-state index in [0.29, 0.717) is 11.4 Å². The minimum absolute atomic E-state index is 0.154. The molecule has 0 fully saturated rings. The molecule has 8 nitrogen and oxygen atoms in total. The van der Waals surface area contributed by atoms with E-state index >= 15 is 0 Å². The van der Waals surface area contributed by atoms with Crippen LogP contribution < -0.4 is 20.1 Å². The Morgan fingerprint density at radius 1 is 0.824 bits per heavy atom. The van der Waals surface area contributed by atoms with Crippen LogP contribution >= 0.6 is 0 Å². The van der Waals surface area contributed by atoms with E-state index in [0.717, 1.165) is 11.1 Å². The highest BCUT2D eigenvalue weighted by atomic mass is 16.5. The van der Waals surface area contributed by atoms with Crippen molar-refractivity contribution in [3.63, 3.8) is 0 Å². The second kappa shape index (κ2) is 12.1. The fourth-order valence-electron chi connectivity index (χ4n) is 3.11. The van der Waals surface area contributed by atoms with E-state index in [2.05, 4.69) is 10.6 Å². The van der Waals surface area contributed by atoms with Gasteiger partial charge in [0.1, 0.15) is 24.1 Å². The zero-order valence-electron chi connectivity index (χ0n) is 18.9. The summed E-state index contributed by atoms with van der Waals surface area (Å²) in [6, 6.07) is 21.9. The van der Waals surface area contributed by atoms with Gasteiger partial charge in [-0.2, -0.15) is 0 Å². The predicted octanol–water partition coefficient (Wildman–Crippen LogP) is 4.10. The van der Waals surface area contributed by atoms with Crippen molar-refractivity contribution in [2.45, 2.75) is 26.0 Å². The Kier molecular flexibility index (Phi) is 8.62. The number of ether oxygens (including phenoxy) is 3. The fraction of sp³-hybridized carbons (Fsp3) is 0.192. The molecule has 8 heteroatoms. The van der Waals surface area contributed by atoms with Gasteiger partial charge in [-0.3, -0.25) is 10.1 Å². The minimum atomic E-state index is -0.864. The van der Waals surface area contributed by atoms with Crippen LogP contribution in [0.5, 0.6) is 11.5 Å². The van der Waals surface area contributed by atoms with E-state index in [-0.39, 0.29) is 24.7 Å². The zero-order valence-corrected chi connectivity index (χ0v) is 18.9. The molecule has 0 aliphatic carbocycles. The molecule has 0 aromatic heterocycles. The average molecular weight is 463 g/mol. The Labute approximate surface area is 197 Å². The monoisotopic (exact) mass is 462 g/mol. The molecule has 3 aromatic carbocycles. The van der Waals surface area contributed by atoms with E-state index in [1.165, 1.54) is 6.92 Å². The molecule has 0 heterocycles. The van der Waals surface area contributed by atoms with Crippen molar-refractivity contribution in [2.75, 3.05) is 12.4 Å². The van der Waals surface area contributed by atoms with Crippen molar-refractivity contribution in [3.05, 3.63) is 90.0 Å². The first-order valence-corrected chi connectivity index (χ1v) is 10.6. The van der Waals surface area contributed by atoms with Crippen LogP contribution in [0.3, 0.4) is 0 Å². The Bertz CT molecular complexity index is 1100. The van der Waals surface area contributed by atoms with Gasteiger partial charge in [-0.25, -0.2) is 9.59 Å². The topological polar surface area (TPSA) is 103 Å². The maximum Gasteiger partial charge on any atom is 0.411 e. The van der Waals surface area contributed by atoms with Crippen LogP contribution in [0.1, 0.15) is 18.1 Å². The van der Waals surface area contributed by atoms with Crippen molar-refractivity contribution >= 4 is 23.7 Å². The average Bonchev–Trinajstić information content (AvgIpc) is 2.84. The molecule has 0 radical (unpaired) electrons. The van der Waals surface area contributed by atoms with Crippen molar-refractivity contribution in [2.24, 2.45) is 0 Å². The molecule has 0 saturated carbocycles. The van der Waals surface area contributed by atoms with Crippen LogP contribution in [0.25, 0.3) is 0 Å². The zero-order chi connectivity index (χ0) is 24.3. The molecule has 1 atom stereocenters. The van der Waals surface area contributed by atoms with Gasteiger partial charge in [0.15, 0.2) is 0 Å². The highest BCUT2D eigenvalue weighted by Crippen LogP contribution is 2.18. The molecule has 3 rings (SSSR count). The summed E-state index contributed by atoms with van der Waals surface area (Å²) < 4.78 is 15.8. The van der Waals surface area contributed by atoms with E-state index in [1.807, 2.05) is 42.5 Å². The minimum Gasteiger partial charge on any atom is -0.497 e. The molecule has 0 aliphatic heterocycles. The second-order valence-electron chi connectivity index (χ2n) is 7.44. The Morgan fingerprint density at radius 2 is 1.47 bits per heavy atom. The van der Waals surface area contributed by atoms with Crippen molar-refractivity contribution in [1.29, 1.82) is 0 Å². The lowest BCUT2D eigenvalue weighted by atomic mass is 10.1. The van der Waals surface area contributed by atoms with Gasteiger partial charge in [0.05, 0.1) is 7.11 Å². The molecule has 34 heavy (non-hydrogen) atoms. The largest absolute Gasteiger partial charge is 0.497 e. The number of nitrogens with one attached hydrogen (secondary N) is 2. The number of rotatable bonds is 9. The van der Waals surface area contributed by atoms with E-state index in [9.17, 15) is 14.4 Å². The first-order valence-electron chi connectivity index (χ1n) is 10.6. The van der Waals surface area contributed by atoms with Crippen molar-refractivity contribution < 1.29 is 28.6 Å². The molecule has 0 bridgehead atoms. The molecular weight excluding hydrogens is 436 g/mol. The van der Waals surface area contributed by atoms with Gasteiger partial charge in [-0.1, -0.05) is 42.5 Å². The number of carbonyl (C=O) groups excluding carboxylic acids is 3. The van der Waals surface area contributed by atoms with Crippen LogP contribution in [0.4, 0.5) is 10.5 Å². The lowest BCUT2D eigenvalue weighted by Gasteiger charge is -2.17. The number of carbonyl (C=O) groups is 3. The van der Waals surface area contributed by atoms with Crippen LogP contribution in [0.15, 0.2) is 78.9 Å². The molecular formula is C26H26N2O6. The summed E-state index contributed by atoms with van der Waals surface area (Å²) in [5, 5.41) is 5.24. The second-order valence-corrected chi connectivity index (χ2v) is 7.44. The number of hydrogen-bond donors (Lipinski definition) is 2. The third kappa shape index (κ3) is 7.67. The first kappa shape index (κ1) is 24.3. The first-order chi connectivity index (χ1) is 16.4. The van der Waals surface area contributed by atoms with Crippen LogP contribution in [-0.2, 0) is 27.4 Å². The lowest BCUT2D eigenvalue weighted by molar-refractivity contribution is -0.139. The maximum absolute atomic E-state index is 12.7. The summed E-state index contributed by atoms with van der Waals surface area (Å²) in [4.78, 5) is 36.3. The Hall–Kier alpha value is -4.33. The normalized spacial score (nSPS) is 11.1. The van der Waals surface area contributed by atoms with Gasteiger partial charge in [0, 0.05) is 19.0 Å². The SMILES string of the molecule is COc1ccc(C[C@H](NC(C)=O)C(=O)Oc2ccc(NC(=O)OCc3ccccc3)cc2)cc1. The summed E-state index contributed by atoms with van der Waals surface area (Å²) in [5.74, 6) is 0.0244. The van der Waals surface area contributed by atoms with Gasteiger partial charge in [-0.05, 0) is 47.5 Å². The molecule has 2 amide bonds. The number of amides is 2. The summed E-state index contributed by atoms with van der Waals surface area (Å²) in [7, 11) is 1.57. The van der Waals surface area contributed by atoms with Gasteiger partial charge in [-0.15, -0.1) is 0 Å². The fourth-order valence-corrected chi connectivity index (χ4v) is 3.11. The number of esters is 1. The number of hydrogen-bond acceptors (Lipinski definition) is 6. The predicted molar refractivity (Wildman–Crippen MR) is 127 cm³/mol. The van der Waals surface area contributed by atoms with E-state index < -0.39 is 18.1 Å². The maximum atomic E-state index is 12.7. The van der Waals surface area contributed by atoms with Crippen LogP contribution in [-0.4, -0.2) is 31.1 Å². The highest BCUT2D eigenvalue weighted by molar-refractivity contribution is 5.86. The quantitative estimate of drug-likeness (QED) is 0.367. The molecule has 0 saturated heterocycles. The Morgan fingerprint density at radius 3 is 2.09 bits per heavy atom. The molecule has 3 aromatic rings. The van der Waals surface area contributed by atoms with E-state index in [4.69, 9.17) is 14.2 Å². The van der Waals surface area contributed by atoms with Gasteiger partial charge >= 0.3 is 12.1 Å². The molecule has 176 valence electrons. The number of methoxy groups -OCH3 is 1. The van der Waals surface area contributed by atoms with Gasteiger partial charge in [0.2, 0.25) is 5.91 Å². The standard InChI is InChI=1S/C26H26N2O6/c1-18(29)27-24(16-19-8-12-22(32-2)13-9-19)25(30)34-23-14-10-21(11-15-23)28-26(31)33-17-20-6-4-3-5-7-20/h3-15,24H,16-17H2,1-2H3,(H,27,29)(H,28,31)/t24-/m0/s1. The summed E-state index contributed by atoms with van der Waals surface area (Å²) in [6.45, 7) is 1.49. The molecule has 2 N–H and O–H groups in total. The third-order valence-electron chi connectivity index (χ3n) is 4.79. The number of benzene rings is 3. The molecule has 0 unspecified atom stereocenters. The summed E-state index contributed by atoms with van der Waals surface area (Å²) in [5.41, 5.74) is 2.20. The lowest BCUT2D eigenvalue weighted by Crippen LogP contribution is -2.43. The third-order valence-corrected chi connectivity index (χ3v) is 4.79. The smallest absolute Gasteiger partial charge is 0.411 e. The molecule has 0 spiro atoms. The summed E-state index contributed by atoms with van der Waals surface area (Å²) in [6.07, 6.45) is -0.339. The highest BCUT2D eigenvalue weighted by Gasteiger charge is 2.22. The summed E-state index contributed by atoms with van der Waals surface area (Å²) >= 11 is 0. The van der Waals surface area contributed by atoms with Crippen molar-refractivity contribution in [1.82, 2.24) is 5.32 Å². The van der Waals surface area contributed by atoms with Crippen molar-refractivity contribution in [3.8, 4) is 11.5 Å². The number of anilines is 1. The van der Waals surface area contributed by atoms with Crippen LogP contribution in [0.2, 0.25) is 0 Å². The Balaban J connectivity index is 1.55. The van der Waals surface area contributed by atoms with E-state index in [1.54, 1.807) is 43.5 Å². The molecule has 0 aliphatic rings. The van der Waals surface area contributed by atoms with Gasteiger partial charge in [0.25, 0.3) is 0 Å².